The second-order valence-electron chi connectivity index (χ2n) is 6.23. The van der Waals surface area contributed by atoms with Crippen LogP contribution in [0.15, 0.2) is 54.6 Å². The number of rotatable bonds is 7. The molecule has 0 spiro atoms. The number of carbonyl (C=O) groups excluding carboxylic acids is 1. The first kappa shape index (κ1) is 18.5. The molecule has 2 aromatic carbocycles. The number of aromatic nitrogens is 2. The van der Waals surface area contributed by atoms with E-state index >= 15 is 0 Å². The Labute approximate surface area is 158 Å². The SMILES string of the molecule is COc1ccc(CC(=O)Nc2cc(C)nn2Cc2ccccc2)cc1OC. The Kier molecular flexibility index (Phi) is 5.76. The number of nitrogens with one attached hydrogen (secondary N) is 1. The van der Waals surface area contributed by atoms with Crippen LogP contribution in [0.3, 0.4) is 0 Å². The van der Waals surface area contributed by atoms with Crippen LogP contribution in [0.2, 0.25) is 0 Å². The van der Waals surface area contributed by atoms with E-state index in [4.69, 9.17) is 9.47 Å². The van der Waals surface area contributed by atoms with Crippen LogP contribution in [0.4, 0.5) is 5.82 Å². The lowest BCUT2D eigenvalue weighted by Crippen LogP contribution is -2.18. The van der Waals surface area contributed by atoms with Crippen molar-refractivity contribution in [2.45, 2.75) is 19.9 Å². The molecule has 0 radical (unpaired) electrons. The molecule has 0 aliphatic carbocycles. The van der Waals surface area contributed by atoms with Gasteiger partial charge in [-0.15, -0.1) is 0 Å². The van der Waals surface area contributed by atoms with Gasteiger partial charge in [-0.3, -0.25) is 4.79 Å². The largest absolute Gasteiger partial charge is 0.493 e. The van der Waals surface area contributed by atoms with Gasteiger partial charge >= 0.3 is 0 Å². The zero-order valence-corrected chi connectivity index (χ0v) is 15.7. The Morgan fingerprint density at radius 3 is 2.44 bits per heavy atom. The fourth-order valence-corrected chi connectivity index (χ4v) is 2.89. The Morgan fingerprint density at radius 1 is 1.00 bits per heavy atom. The van der Waals surface area contributed by atoms with Crippen molar-refractivity contribution in [1.29, 1.82) is 0 Å². The molecule has 0 saturated heterocycles. The quantitative estimate of drug-likeness (QED) is 0.697. The highest BCUT2D eigenvalue weighted by Gasteiger charge is 2.12. The molecule has 0 unspecified atom stereocenters. The maximum Gasteiger partial charge on any atom is 0.229 e. The minimum Gasteiger partial charge on any atom is -0.493 e. The fraction of sp³-hybridized carbons (Fsp3) is 0.238. The Bertz CT molecular complexity index is 920. The zero-order valence-electron chi connectivity index (χ0n) is 15.7. The van der Waals surface area contributed by atoms with Crippen molar-refractivity contribution < 1.29 is 14.3 Å². The van der Waals surface area contributed by atoms with Gasteiger partial charge in [-0.1, -0.05) is 36.4 Å². The van der Waals surface area contributed by atoms with Crippen LogP contribution in [-0.2, 0) is 17.8 Å². The van der Waals surface area contributed by atoms with Gasteiger partial charge in [-0.25, -0.2) is 4.68 Å². The van der Waals surface area contributed by atoms with Crippen molar-refractivity contribution in [3.8, 4) is 11.5 Å². The molecular weight excluding hydrogens is 342 g/mol. The summed E-state index contributed by atoms with van der Waals surface area (Å²) in [5.41, 5.74) is 2.82. The van der Waals surface area contributed by atoms with Crippen LogP contribution in [0, 0.1) is 6.92 Å². The van der Waals surface area contributed by atoms with Gasteiger partial charge in [-0.05, 0) is 30.2 Å². The van der Waals surface area contributed by atoms with Crippen LogP contribution in [0.25, 0.3) is 0 Å². The predicted octanol–water partition coefficient (Wildman–Crippen LogP) is 3.44. The maximum absolute atomic E-state index is 12.5. The number of nitrogens with zero attached hydrogens (tertiary/aromatic N) is 2. The molecular formula is C21H23N3O3. The van der Waals surface area contributed by atoms with Crippen molar-refractivity contribution in [3.63, 3.8) is 0 Å². The van der Waals surface area contributed by atoms with E-state index in [1.807, 2.05) is 55.5 Å². The van der Waals surface area contributed by atoms with Crippen molar-refractivity contribution in [2.75, 3.05) is 19.5 Å². The second-order valence-corrected chi connectivity index (χ2v) is 6.23. The summed E-state index contributed by atoms with van der Waals surface area (Å²) >= 11 is 0. The predicted molar refractivity (Wildman–Crippen MR) is 104 cm³/mol. The first-order chi connectivity index (χ1) is 13.1. The number of hydrogen-bond acceptors (Lipinski definition) is 4. The lowest BCUT2D eigenvalue weighted by atomic mass is 10.1. The van der Waals surface area contributed by atoms with E-state index in [0.29, 0.717) is 23.9 Å². The number of carbonyl (C=O) groups is 1. The molecule has 3 aromatic rings. The Balaban J connectivity index is 1.71. The molecule has 0 bridgehead atoms. The summed E-state index contributed by atoms with van der Waals surface area (Å²) in [4.78, 5) is 12.5. The molecule has 0 fully saturated rings. The van der Waals surface area contributed by atoms with Crippen LogP contribution in [-0.4, -0.2) is 29.9 Å². The van der Waals surface area contributed by atoms with Gasteiger partial charge in [0.2, 0.25) is 5.91 Å². The lowest BCUT2D eigenvalue weighted by Gasteiger charge is -2.11. The molecule has 1 N–H and O–H groups in total. The number of anilines is 1. The molecule has 1 amide bonds. The minimum atomic E-state index is -0.114. The van der Waals surface area contributed by atoms with Gasteiger partial charge in [0.15, 0.2) is 11.5 Å². The standard InChI is InChI=1S/C21H23N3O3/c1-15-11-20(24(23-15)14-16-7-5-4-6-8-16)22-21(25)13-17-9-10-18(26-2)19(12-17)27-3/h4-12H,13-14H2,1-3H3,(H,22,25). The molecule has 6 heteroatoms. The van der Waals surface area contributed by atoms with Gasteiger partial charge in [-0.2, -0.15) is 5.10 Å². The van der Waals surface area contributed by atoms with Crippen molar-refractivity contribution in [3.05, 3.63) is 71.4 Å². The van der Waals surface area contributed by atoms with Crippen molar-refractivity contribution >= 4 is 11.7 Å². The Morgan fingerprint density at radius 2 is 1.74 bits per heavy atom. The topological polar surface area (TPSA) is 65.4 Å². The monoisotopic (exact) mass is 365 g/mol. The van der Waals surface area contributed by atoms with Gasteiger partial charge in [0.1, 0.15) is 5.82 Å². The summed E-state index contributed by atoms with van der Waals surface area (Å²) in [6.07, 6.45) is 0.232. The van der Waals surface area contributed by atoms with Gasteiger partial charge in [0.25, 0.3) is 0 Å². The minimum absolute atomic E-state index is 0.114. The number of hydrogen-bond donors (Lipinski definition) is 1. The summed E-state index contributed by atoms with van der Waals surface area (Å²) in [6.45, 7) is 2.51. The normalized spacial score (nSPS) is 10.5. The smallest absolute Gasteiger partial charge is 0.229 e. The Hall–Kier alpha value is -3.28. The number of methoxy groups -OCH3 is 2. The summed E-state index contributed by atoms with van der Waals surface area (Å²) in [5, 5.41) is 7.44. The molecule has 0 aliphatic rings. The summed E-state index contributed by atoms with van der Waals surface area (Å²) in [6, 6.07) is 17.4. The molecule has 6 nitrogen and oxygen atoms in total. The van der Waals surface area contributed by atoms with Crippen LogP contribution < -0.4 is 14.8 Å². The molecule has 27 heavy (non-hydrogen) atoms. The summed E-state index contributed by atoms with van der Waals surface area (Å²) in [5.74, 6) is 1.81. The average molecular weight is 365 g/mol. The summed E-state index contributed by atoms with van der Waals surface area (Å²) < 4.78 is 12.3. The second kappa shape index (κ2) is 8.40. The lowest BCUT2D eigenvalue weighted by molar-refractivity contribution is -0.115. The fourth-order valence-electron chi connectivity index (χ4n) is 2.89. The number of ether oxygens (including phenoxy) is 2. The van der Waals surface area contributed by atoms with E-state index in [9.17, 15) is 4.79 Å². The molecule has 0 atom stereocenters. The first-order valence-corrected chi connectivity index (χ1v) is 8.68. The average Bonchev–Trinajstić information content (AvgIpc) is 3.01. The van der Waals surface area contributed by atoms with E-state index in [1.165, 1.54) is 0 Å². The highest BCUT2D eigenvalue weighted by atomic mass is 16.5. The maximum atomic E-state index is 12.5. The van der Waals surface area contributed by atoms with E-state index in [1.54, 1.807) is 25.0 Å². The van der Waals surface area contributed by atoms with Crippen molar-refractivity contribution in [1.82, 2.24) is 9.78 Å². The van der Waals surface area contributed by atoms with Gasteiger partial charge in [0, 0.05) is 6.07 Å². The van der Waals surface area contributed by atoms with Crippen LogP contribution in [0.5, 0.6) is 11.5 Å². The number of aryl methyl sites for hydroxylation is 1. The molecule has 1 heterocycles. The van der Waals surface area contributed by atoms with E-state index in [-0.39, 0.29) is 12.3 Å². The van der Waals surface area contributed by atoms with Gasteiger partial charge in [0.05, 0.1) is 32.9 Å². The van der Waals surface area contributed by atoms with E-state index < -0.39 is 0 Å². The van der Waals surface area contributed by atoms with E-state index in [0.717, 1.165) is 16.8 Å². The van der Waals surface area contributed by atoms with Gasteiger partial charge < -0.3 is 14.8 Å². The van der Waals surface area contributed by atoms with Crippen molar-refractivity contribution in [2.24, 2.45) is 0 Å². The van der Waals surface area contributed by atoms with E-state index in [2.05, 4.69) is 10.4 Å². The molecule has 0 aliphatic heterocycles. The molecule has 1 aromatic heterocycles. The molecule has 3 rings (SSSR count). The highest BCUT2D eigenvalue weighted by Crippen LogP contribution is 2.27. The molecule has 0 saturated carbocycles. The van der Waals surface area contributed by atoms with Crippen LogP contribution in [0.1, 0.15) is 16.8 Å². The first-order valence-electron chi connectivity index (χ1n) is 8.68. The third kappa shape index (κ3) is 4.67. The zero-order chi connectivity index (χ0) is 19.2. The number of amides is 1. The van der Waals surface area contributed by atoms with Crippen LogP contribution >= 0.6 is 0 Å². The molecule has 140 valence electrons. The summed E-state index contributed by atoms with van der Waals surface area (Å²) in [7, 11) is 3.16. The third-order valence-corrected chi connectivity index (χ3v) is 4.16. The third-order valence-electron chi connectivity index (χ3n) is 4.16. The highest BCUT2D eigenvalue weighted by molar-refractivity contribution is 5.91. The number of benzene rings is 2.